The summed E-state index contributed by atoms with van der Waals surface area (Å²) >= 11 is 1.53. The van der Waals surface area contributed by atoms with Gasteiger partial charge in [0.15, 0.2) is 0 Å². The Morgan fingerprint density at radius 1 is 1.43 bits per heavy atom. The lowest BCUT2D eigenvalue weighted by atomic mass is 9.95. The second kappa shape index (κ2) is 6.47. The number of hydrogen-bond acceptors (Lipinski definition) is 3. The molecule has 2 atom stereocenters. The van der Waals surface area contributed by atoms with Crippen LogP contribution in [0.1, 0.15) is 31.2 Å². The Hall–Kier alpha value is -1.56. The van der Waals surface area contributed by atoms with Crippen molar-refractivity contribution in [1.82, 2.24) is 5.32 Å². The third-order valence-electron chi connectivity index (χ3n) is 3.74. The number of nitrogens with one attached hydrogen (secondary N) is 1. The van der Waals surface area contributed by atoms with Crippen molar-refractivity contribution in [1.29, 1.82) is 0 Å². The number of aliphatic carboxylic acids is 1. The van der Waals surface area contributed by atoms with E-state index in [2.05, 4.69) is 5.32 Å². The zero-order chi connectivity index (χ0) is 15.5. The summed E-state index contributed by atoms with van der Waals surface area (Å²) in [7, 11) is 0. The highest BCUT2D eigenvalue weighted by Gasteiger charge is 2.43. The Morgan fingerprint density at radius 3 is 2.62 bits per heavy atom. The highest BCUT2D eigenvalue weighted by Crippen LogP contribution is 2.29. The number of halogens is 1. The largest absolute Gasteiger partial charge is 0.479 e. The molecule has 1 aromatic rings. The minimum atomic E-state index is -1.13. The number of carbonyl (C=O) groups is 2. The van der Waals surface area contributed by atoms with E-state index in [1.54, 1.807) is 12.1 Å². The molecule has 0 aromatic heterocycles. The number of carbonyl (C=O) groups excluding carboxylic acids is 1. The number of hydrogen-bond donors (Lipinski definition) is 2. The van der Waals surface area contributed by atoms with Crippen LogP contribution in [0.3, 0.4) is 0 Å². The molecular weight excluding hydrogens is 293 g/mol. The smallest absolute Gasteiger partial charge is 0.330 e. The number of rotatable bonds is 5. The summed E-state index contributed by atoms with van der Waals surface area (Å²) in [5, 5.41) is 12.0. The standard InChI is InChI=1S/C15H18FNO3S/c1-10(11-2-4-12(16)5-3-11)8-13(18)17-15(14(19)20)6-7-21-9-15/h2-5,10H,6-9H2,1H3,(H,17,18)(H,19,20). The molecule has 1 fully saturated rings. The molecule has 1 aromatic carbocycles. The first-order valence-electron chi connectivity index (χ1n) is 6.80. The van der Waals surface area contributed by atoms with Crippen LogP contribution in [0.2, 0.25) is 0 Å². The monoisotopic (exact) mass is 311 g/mol. The fourth-order valence-electron chi connectivity index (χ4n) is 2.39. The number of carboxylic acid groups (broad SMARTS) is 1. The second-order valence-electron chi connectivity index (χ2n) is 5.39. The molecular formula is C15H18FNO3S. The Morgan fingerprint density at radius 2 is 2.10 bits per heavy atom. The topological polar surface area (TPSA) is 66.4 Å². The average Bonchev–Trinajstić information content (AvgIpc) is 2.89. The average molecular weight is 311 g/mol. The maximum Gasteiger partial charge on any atom is 0.330 e. The van der Waals surface area contributed by atoms with Crippen LogP contribution >= 0.6 is 11.8 Å². The minimum Gasteiger partial charge on any atom is -0.479 e. The van der Waals surface area contributed by atoms with Gasteiger partial charge >= 0.3 is 5.97 Å². The van der Waals surface area contributed by atoms with Crippen molar-refractivity contribution < 1.29 is 19.1 Å². The Balaban J connectivity index is 1.97. The summed E-state index contributed by atoms with van der Waals surface area (Å²) in [4.78, 5) is 23.5. The summed E-state index contributed by atoms with van der Waals surface area (Å²) in [6.07, 6.45) is 0.634. The lowest BCUT2D eigenvalue weighted by Gasteiger charge is -2.25. The number of carboxylic acids is 1. The first-order valence-corrected chi connectivity index (χ1v) is 7.96. The Labute approximate surface area is 127 Å². The quantitative estimate of drug-likeness (QED) is 0.876. The van der Waals surface area contributed by atoms with Gasteiger partial charge in [0.25, 0.3) is 0 Å². The molecule has 4 nitrogen and oxygen atoms in total. The first-order chi connectivity index (χ1) is 9.93. The third-order valence-corrected chi connectivity index (χ3v) is 4.93. The van der Waals surface area contributed by atoms with Gasteiger partial charge in [0.1, 0.15) is 11.4 Å². The van der Waals surface area contributed by atoms with E-state index in [1.165, 1.54) is 23.9 Å². The zero-order valence-electron chi connectivity index (χ0n) is 11.8. The molecule has 0 spiro atoms. The summed E-state index contributed by atoms with van der Waals surface area (Å²) in [6, 6.07) is 6.00. The van der Waals surface area contributed by atoms with Crippen molar-refractivity contribution in [3.05, 3.63) is 35.6 Å². The molecule has 1 saturated heterocycles. The van der Waals surface area contributed by atoms with Crippen LogP contribution in [-0.4, -0.2) is 34.0 Å². The van der Waals surface area contributed by atoms with E-state index in [4.69, 9.17) is 0 Å². The molecule has 0 aliphatic carbocycles. The maximum atomic E-state index is 12.9. The summed E-state index contributed by atoms with van der Waals surface area (Å²) in [6.45, 7) is 1.86. The molecule has 1 heterocycles. The number of thioether (sulfide) groups is 1. The summed E-state index contributed by atoms with van der Waals surface area (Å²) < 4.78 is 12.9. The van der Waals surface area contributed by atoms with Crippen LogP contribution in [0.15, 0.2) is 24.3 Å². The van der Waals surface area contributed by atoms with E-state index in [1.807, 2.05) is 6.92 Å². The van der Waals surface area contributed by atoms with Gasteiger partial charge in [-0.15, -0.1) is 0 Å². The van der Waals surface area contributed by atoms with Gasteiger partial charge in [-0.25, -0.2) is 9.18 Å². The highest BCUT2D eigenvalue weighted by molar-refractivity contribution is 7.99. The molecule has 0 bridgehead atoms. The SMILES string of the molecule is CC(CC(=O)NC1(C(=O)O)CCSC1)c1ccc(F)cc1. The van der Waals surface area contributed by atoms with Gasteiger partial charge in [-0.1, -0.05) is 19.1 Å². The normalized spacial score (nSPS) is 22.8. The molecule has 114 valence electrons. The van der Waals surface area contributed by atoms with Crippen LogP contribution in [0.4, 0.5) is 4.39 Å². The van der Waals surface area contributed by atoms with Crippen molar-refractivity contribution in [2.24, 2.45) is 0 Å². The van der Waals surface area contributed by atoms with Gasteiger partial charge in [0, 0.05) is 12.2 Å². The Kier molecular flexibility index (Phi) is 4.88. The molecule has 0 saturated carbocycles. The fourth-order valence-corrected chi connectivity index (χ4v) is 3.72. The van der Waals surface area contributed by atoms with Gasteiger partial charge < -0.3 is 10.4 Å². The van der Waals surface area contributed by atoms with E-state index in [-0.39, 0.29) is 24.1 Å². The lowest BCUT2D eigenvalue weighted by Crippen LogP contribution is -2.54. The van der Waals surface area contributed by atoms with E-state index in [0.29, 0.717) is 12.2 Å². The second-order valence-corrected chi connectivity index (χ2v) is 6.50. The van der Waals surface area contributed by atoms with Gasteiger partial charge in [-0.2, -0.15) is 11.8 Å². The molecule has 1 aliphatic rings. The van der Waals surface area contributed by atoms with Gasteiger partial charge in [0.2, 0.25) is 5.91 Å². The van der Waals surface area contributed by atoms with Crippen LogP contribution in [0.5, 0.6) is 0 Å². The molecule has 2 rings (SSSR count). The van der Waals surface area contributed by atoms with Crippen LogP contribution in [0, 0.1) is 5.82 Å². The molecule has 2 unspecified atom stereocenters. The third kappa shape index (κ3) is 3.75. The Bertz CT molecular complexity index is 526. The zero-order valence-corrected chi connectivity index (χ0v) is 12.6. The van der Waals surface area contributed by atoms with Crippen molar-refractivity contribution in [3.63, 3.8) is 0 Å². The number of benzene rings is 1. The van der Waals surface area contributed by atoms with Crippen molar-refractivity contribution in [2.75, 3.05) is 11.5 Å². The van der Waals surface area contributed by atoms with E-state index < -0.39 is 11.5 Å². The van der Waals surface area contributed by atoms with Crippen molar-refractivity contribution >= 4 is 23.6 Å². The maximum absolute atomic E-state index is 12.9. The van der Waals surface area contributed by atoms with Gasteiger partial charge in [0.05, 0.1) is 0 Å². The van der Waals surface area contributed by atoms with Crippen molar-refractivity contribution in [2.45, 2.75) is 31.2 Å². The first kappa shape index (κ1) is 15.8. The fraction of sp³-hybridized carbons (Fsp3) is 0.467. The molecule has 1 aliphatic heterocycles. The van der Waals surface area contributed by atoms with Crippen LogP contribution in [-0.2, 0) is 9.59 Å². The summed E-state index contributed by atoms with van der Waals surface area (Å²) in [5.74, 6) is -0.528. The van der Waals surface area contributed by atoms with Gasteiger partial charge in [-0.3, -0.25) is 4.79 Å². The van der Waals surface area contributed by atoms with E-state index in [9.17, 15) is 19.1 Å². The predicted molar refractivity (Wildman–Crippen MR) is 79.9 cm³/mol. The molecule has 2 N–H and O–H groups in total. The molecule has 6 heteroatoms. The highest BCUT2D eigenvalue weighted by atomic mass is 32.2. The lowest BCUT2D eigenvalue weighted by molar-refractivity contribution is -0.146. The molecule has 1 amide bonds. The molecule has 0 radical (unpaired) electrons. The summed E-state index contributed by atoms with van der Waals surface area (Å²) in [5.41, 5.74) is -0.277. The predicted octanol–water partition coefficient (Wildman–Crippen LogP) is 2.40. The molecule has 21 heavy (non-hydrogen) atoms. The van der Waals surface area contributed by atoms with Gasteiger partial charge in [-0.05, 0) is 35.8 Å². The number of amides is 1. The minimum absolute atomic E-state index is 0.0921. The van der Waals surface area contributed by atoms with E-state index in [0.717, 1.165) is 11.3 Å². The van der Waals surface area contributed by atoms with Crippen LogP contribution < -0.4 is 5.32 Å². The van der Waals surface area contributed by atoms with Crippen LogP contribution in [0.25, 0.3) is 0 Å². The van der Waals surface area contributed by atoms with Crippen molar-refractivity contribution in [3.8, 4) is 0 Å². The van der Waals surface area contributed by atoms with E-state index >= 15 is 0 Å².